The number of nitrogens with one attached hydrogen (secondary N) is 1. The molecule has 0 unspecified atom stereocenters. The first kappa shape index (κ1) is 17.8. The molecule has 1 fully saturated rings. The van der Waals surface area contributed by atoms with Crippen LogP contribution < -0.4 is 4.90 Å². The summed E-state index contributed by atoms with van der Waals surface area (Å²) >= 11 is 0. The summed E-state index contributed by atoms with van der Waals surface area (Å²) in [5.41, 5.74) is 3.91. The Hall–Kier alpha value is -4.00. The van der Waals surface area contributed by atoms with E-state index in [0.29, 0.717) is 6.42 Å². The summed E-state index contributed by atoms with van der Waals surface area (Å²) in [5, 5.41) is 1.04. The summed E-state index contributed by atoms with van der Waals surface area (Å²) in [5.74, 6) is -0.844. The minimum Gasteiger partial charge on any atom is -0.356 e. The first-order chi connectivity index (χ1) is 15.1. The van der Waals surface area contributed by atoms with E-state index in [-0.39, 0.29) is 11.6 Å². The number of urea groups is 1. The largest absolute Gasteiger partial charge is 0.356 e. The number of aromatic amines is 1. The van der Waals surface area contributed by atoms with Gasteiger partial charge in [-0.1, -0.05) is 30.3 Å². The number of benzene rings is 2. The van der Waals surface area contributed by atoms with Crippen molar-refractivity contribution >= 4 is 28.5 Å². The van der Waals surface area contributed by atoms with E-state index in [1.165, 1.54) is 18.2 Å². The molecule has 7 heteroatoms. The molecule has 0 saturated carbocycles. The minimum absolute atomic E-state index is 0.239. The molecule has 31 heavy (non-hydrogen) atoms. The molecule has 2 atom stereocenters. The molecule has 0 spiro atoms. The van der Waals surface area contributed by atoms with Gasteiger partial charge >= 0.3 is 6.03 Å². The fraction of sp³-hybridized carbons (Fsp3) is 0.125. The predicted octanol–water partition coefficient (Wildman–Crippen LogP) is 4.18. The van der Waals surface area contributed by atoms with Gasteiger partial charge in [-0.2, -0.15) is 0 Å². The third-order valence-electron chi connectivity index (χ3n) is 6.12. The fourth-order valence-corrected chi connectivity index (χ4v) is 4.81. The molecule has 152 valence electrons. The van der Waals surface area contributed by atoms with Crippen molar-refractivity contribution in [1.82, 2.24) is 14.9 Å². The average molecular weight is 412 g/mol. The van der Waals surface area contributed by atoms with E-state index in [9.17, 15) is 14.0 Å². The Labute approximate surface area is 176 Å². The van der Waals surface area contributed by atoms with E-state index in [1.807, 2.05) is 36.4 Å². The highest BCUT2D eigenvalue weighted by molar-refractivity contribution is 6.22. The summed E-state index contributed by atoms with van der Waals surface area (Å²) in [6, 6.07) is 15.6. The zero-order valence-corrected chi connectivity index (χ0v) is 16.3. The lowest BCUT2D eigenvalue weighted by atomic mass is 9.89. The van der Waals surface area contributed by atoms with Crippen molar-refractivity contribution in [3.8, 4) is 0 Å². The maximum absolute atomic E-state index is 13.9. The highest BCUT2D eigenvalue weighted by atomic mass is 19.1. The van der Waals surface area contributed by atoms with Crippen LogP contribution >= 0.6 is 0 Å². The number of carbonyl (C=O) groups is 2. The molecule has 0 aliphatic carbocycles. The van der Waals surface area contributed by atoms with Crippen LogP contribution in [0.25, 0.3) is 10.9 Å². The zero-order valence-electron chi connectivity index (χ0n) is 16.3. The second kappa shape index (κ2) is 6.50. The minimum atomic E-state index is -0.673. The van der Waals surface area contributed by atoms with Crippen LogP contribution in [0.15, 0.2) is 73.1 Å². The van der Waals surface area contributed by atoms with Crippen molar-refractivity contribution in [2.24, 2.45) is 0 Å². The summed E-state index contributed by atoms with van der Waals surface area (Å²) in [7, 11) is 0. The lowest BCUT2D eigenvalue weighted by molar-refractivity contribution is -0.120. The first-order valence-electron chi connectivity index (χ1n) is 10.0. The number of hydrogen-bond donors (Lipinski definition) is 1. The second-order valence-corrected chi connectivity index (χ2v) is 7.81. The number of amides is 3. The number of nitrogens with zero attached hydrogens (tertiary/aromatic N) is 3. The van der Waals surface area contributed by atoms with Crippen LogP contribution in [0.3, 0.4) is 0 Å². The summed E-state index contributed by atoms with van der Waals surface area (Å²) in [6.45, 7) is 0. The molecule has 0 radical (unpaired) electrons. The maximum Gasteiger partial charge on any atom is 0.332 e. The quantitative estimate of drug-likeness (QED) is 0.502. The standard InChI is InChI=1S/C24H17FN4O2/c25-15-6-3-7-16(11-15)28-23(30)20-12-18-17-8-1-2-9-19(17)27-21(18)22(29(20)24(28)31)14-5-4-10-26-13-14/h1-11,13,20,22,27H,12H2/t20-,22-/m1/s1. The topological polar surface area (TPSA) is 69.3 Å². The van der Waals surface area contributed by atoms with Crippen LogP contribution in [-0.2, 0) is 11.2 Å². The Kier molecular flexibility index (Phi) is 3.74. The Morgan fingerprint density at radius 2 is 1.90 bits per heavy atom. The maximum atomic E-state index is 13.9. The molecule has 4 heterocycles. The molecule has 6 nitrogen and oxygen atoms in total. The van der Waals surface area contributed by atoms with Crippen molar-refractivity contribution in [2.45, 2.75) is 18.5 Å². The van der Waals surface area contributed by atoms with Gasteiger partial charge < -0.3 is 4.98 Å². The van der Waals surface area contributed by atoms with Gasteiger partial charge in [0.25, 0.3) is 5.91 Å². The summed E-state index contributed by atoms with van der Waals surface area (Å²) in [6.07, 6.45) is 3.78. The van der Waals surface area contributed by atoms with Crippen LogP contribution in [-0.4, -0.2) is 32.8 Å². The molecule has 1 saturated heterocycles. The van der Waals surface area contributed by atoms with E-state index >= 15 is 0 Å². The van der Waals surface area contributed by atoms with Crippen molar-refractivity contribution in [3.63, 3.8) is 0 Å². The van der Waals surface area contributed by atoms with Crippen molar-refractivity contribution < 1.29 is 14.0 Å². The fourth-order valence-electron chi connectivity index (χ4n) is 4.81. The van der Waals surface area contributed by atoms with Gasteiger partial charge in [0.2, 0.25) is 0 Å². The number of rotatable bonds is 2. The number of H-pyrrole nitrogens is 1. The van der Waals surface area contributed by atoms with Crippen LogP contribution in [0.4, 0.5) is 14.9 Å². The molecular weight excluding hydrogens is 395 g/mol. The van der Waals surface area contributed by atoms with E-state index in [4.69, 9.17) is 0 Å². The Bertz CT molecular complexity index is 1350. The highest BCUT2D eigenvalue weighted by Crippen LogP contribution is 2.44. The number of imide groups is 1. The summed E-state index contributed by atoms with van der Waals surface area (Å²) in [4.78, 5) is 37.4. The molecule has 4 aromatic rings. The van der Waals surface area contributed by atoms with Crippen molar-refractivity contribution in [2.75, 3.05) is 4.90 Å². The number of para-hydroxylation sites is 1. The Balaban J connectivity index is 1.55. The second-order valence-electron chi connectivity index (χ2n) is 7.81. The van der Waals surface area contributed by atoms with Gasteiger partial charge in [0.1, 0.15) is 17.9 Å². The van der Waals surface area contributed by atoms with E-state index < -0.39 is 23.9 Å². The summed E-state index contributed by atoms with van der Waals surface area (Å²) < 4.78 is 13.9. The lowest BCUT2D eigenvalue weighted by Crippen LogP contribution is -2.44. The predicted molar refractivity (Wildman–Crippen MR) is 113 cm³/mol. The SMILES string of the molecule is O=C1[C@H]2Cc3c([nH]c4ccccc34)[C@@H](c3cccnc3)N2C(=O)N1c1cccc(F)c1. The van der Waals surface area contributed by atoms with Gasteiger partial charge in [0.05, 0.1) is 5.69 Å². The number of pyridine rings is 1. The molecule has 0 bridgehead atoms. The molecular formula is C24H17FN4O2. The van der Waals surface area contributed by atoms with E-state index in [2.05, 4.69) is 9.97 Å². The molecule has 2 aromatic heterocycles. The van der Waals surface area contributed by atoms with E-state index in [1.54, 1.807) is 23.4 Å². The smallest absolute Gasteiger partial charge is 0.332 e. The monoisotopic (exact) mass is 412 g/mol. The molecule has 2 aliphatic rings. The van der Waals surface area contributed by atoms with Crippen LogP contribution in [0, 0.1) is 5.82 Å². The number of carbonyl (C=O) groups excluding carboxylic acids is 2. The lowest BCUT2D eigenvalue weighted by Gasteiger charge is -2.35. The van der Waals surface area contributed by atoms with Gasteiger partial charge in [-0.3, -0.25) is 14.7 Å². The van der Waals surface area contributed by atoms with Crippen molar-refractivity contribution in [3.05, 3.63) is 95.7 Å². The van der Waals surface area contributed by atoms with Crippen LogP contribution in [0.2, 0.25) is 0 Å². The van der Waals surface area contributed by atoms with Gasteiger partial charge in [0, 0.05) is 35.4 Å². The molecule has 6 rings (SSSR count). The number of hydrogen-bond acceptors (Lipinski definition) is 3. The highest BCUT2D eigenvalue weighted by Gasteiger charge is 2.53. The third kappa shape index (κ3) is 2.53. The third-order valence-corrected chi connectivity index (χ3v) is 6.12. The molecule has 2 aliphatic heterocycles. The average Bonchev–Trinajstić information content (AvgIpc) is 3.28. The number of anilines is 1. The van der Waals surface area contributed by atoms with Crippen LogP contribution in [0.1, 0.15) is 22.9 Å². The number of halogens is 1. The van der Waals surface area contributed by atoms with Gasteiger partial charge in [0.15, 0.2) is 0 Å². The molecule has 3 amide bonds. The van der Waals surface area contributed by atoms with Gasteiger partial charge in [-0.05, 0) is 41.5 Å². The number of fused-ring (bicyclic) bond motifs is 4. The van der Waals surface area contributed by atoms with Gasteiger partial charge in [-0.15, -0.1) is 0 Å². The first-order valence-corrected chi connectivity index (χ1v) is 10.0. The van der Waals surface area contributed by atoms with Gasteiger partial charge in [-0.25, -0.2) is 14.1 Å². The Morgan fingerprint density at radius 1 is 1.03 bits per heavy atom. The Morgan fingerprint density at radius 3 is 2.71 bits per heavy atom. The molecule has 2 aromatic carbocycles. The zero-order chi connectivity index (χ0) is 21.1. The van der Waals surface area contributed by atoms with Crippen LogP contribution in [0.5, 0.6) is 0 Å². The molecule has 1 N–H and O–H groups in total. The normalized spacial score (nSPS) is 20.3. The van der Waals surface area contributed by atoms with Crippen molar-refractivity contribution in [1.29, 1.82) is 0 Å². The van der Waals surface area contributed by atoms with E-state index in [0.717, 1.165) is 32.6 Å². The number of aromatic nitrogens is 2.